The zero-order valence-electron chi connectivity index (χ0n) is 9.49. The Morgan fingerprint density at radius 1 is 1.50 bits per heavy atom. The van der Waals surface area contributed by atoms with Crippen molar-refractivity contribution in [3.05, 3.63) is 11.7 Å². The molecule has 5 heteroatoms. The Bertz CT molecular complexity index is 326. The van der Waals surface area contributed by atoms with Gasteiger partial charge in [0.05, 0.1) is 5.38 Å². The van der Waals surface area contributed by atoms with E-state index in [0.717, 1.165) is 18.7 Å². The van der Waals surface area contributed by atoms with Gasteiger partial charge < -0.3 is 4.52 Å². The number of halogens is 1. The Morgan fingerprint density at radius 2 is 2.25 bits per heavy atom. The van der Waals surface area contributed by atoms with Crippen molar-refractivity contribution in [3.8, 4) is 0 Å². The van der Waals surface area contributed by atoms with Crippen molar-refractivity contribution in [2.75, 3.05) is 11.5 Å². The molecule has 1 atom stereocenters. The van der Waals surface area contributed by atoms with Crippen molar-refractivity contribution >= 4 is 23.4 Å². The second-order valence-corrected chi connectivity index (χ2v) is 5.93. The number of thioether (sulfide) groups is 1. The molecule has 1 aliphatic rings. The molecule has 0 aromatic carbocycles. The zero-order chi connectivity index (χ0) is 11.4. The summed E-state index contributed by atoms with van der Waals surface area (Å²) in [5, 5.41) is 3.82. The molecule has 3 nitrogen and oxygen atoms in total. The van der Waals surface area contributed by atoms with E-state index in [-0.39, 0.29) is 5.38 Å². The molecule has 1 saturated heterocycles. The summed E-state index contributed by atoms with van der Waals surface area (Å²) in [7, 11) is 0. The lowest BCUT2D eigenvalue weighted by Gasteiger charge is -2.19. The Kier molecular flexibility index (Phi) is 4.53. The quantitative estimate of drug-likeness (QED) is 0.778. The summed E-state index contributed by atoms with van der Waals surface area (Å²) in [4.78, 5) is 4.36. The minimum absolute atomic E-state index is 0.112. The van der Waals surface area contributed by atoms with E-state index in [2.05, 4.69) is 10.1 Å². The minimum atomic E-state index is -0.112. The second kappa shape index (κ2) is 5.92. The molecule has 0 amide bonds. The molecule has 16 heavy (non-hydrogen) atoms. The van der Waals surface area contributed by atoms with E-state index in [9.17, 15) is 0 Å². The van der Waals surface area contributed by atoms with Gasteiger partial charge in [0, 0.05) is 6.42 Å². The van der Waals surface area contributed by atoms with Gasteiger partial charge in [-0.25, -0.2) is 0 Å². The van der Waals surface area contributed by atoms with Gasteiger partial charge in [-0.3, -0.25) is 0 Å². The molecule has 0 bridgehead atoms. The van der Waals surface area contributed by atoms with Gasteiger partial charge in [0.15, 0.2) is 5.82 Å². The molecule has 1 aliphatic heterocycles. The van der Waals surface area contributed by atoms with Crippen LogP contribution < -0.4 is 0 Å². The lowest BCUT2D eigenvalue weighted by atomic mass is 9.99. The molecule has 2 heterocycles. The van der Waals surface area contributed by atoms with Gasteiger partial charge in [-0.1, -0.05) is 12.1 Å². The summed E-state index contributed by atoms with van der Waals surface area (Å²) >= 11 is 8.09. The standard InChI is InChI=1S/C11H17ClN2OS/c1-2-9(12)11-13-10(15-14-11)7-8-3-5-16-6-4-8/h8-9H,2-7H2,1H3. The maximum Gasteiger partial charge on any atom is 0.226 e. The monoisotopic (exact) mass is 260 g/mol. The maximum absolute atomic E-state index is 6.06. The highest BCUT2D eigenvalue weighted by Crippen LogP contribution is 2.26. The van der Waals surface area contributed by atoms with E-state index in [0.29, 0.717) is 11.7 Å². The number of nitrogens with zero attached hydrogens (tertiary/aromatic N) is 2. The molecule has 0 aliphatic carbocycles. The van der Waals surface area contributed by atoms with Crippen LogP contribution in [0.3, 0.4) is 0 Å². The predicted octanol–water partition coefficient (Wildman–Crippen LogP) is 3.45. The molecule has 1 aromatic heterocycles. The van der Waals surface area contributed by atoms with E-state index in [1.807, 2.05) is 18.7 Å². The number of alkyl halides is 1. The first-order valence-electron chi connectivity index (χ1n) is 5.84. The maximum atomic E-state index is 6.06. The van der Waals surface area contributed by atoms with Crippen molar-refractivity contribution in [1.82, 2.24) is 10.1 Å². The lowest BCUT2D eigenvalue weighted by Crippen LogP contribution is -2.12. The molecular formula is C11H17ClN2OS. The molecule has 1 aromatic rings. The highest BCUT2D eigenvalue weighted by atomic mass is 35.5. The molecule has 90 valence electrons. The lowest BCUT2D eigenvalue weighted by molar-refractivity contribution is 0.341. The van der Waals surface area contributed by atoms with Crippen molar-refractivity contribution in [3.63, 3.8) is 0 Å². The number of hydrogen-bond acceptors (Lipinski definition) is 4. The van der Waals surface area contributed by atoms with Crippen LogP contribution in [0.5, 0.6) is 0 Å². The predicted molar refractivity (Wildman–Crippen MR) is 66.9 cm³/mol. The summed E-state index contributed by atoms with van der Waals surface area (Å²) in [5.74, 6) is 4.64. The Labute approximate surface area is 105 Å². The summed E-state index contributed by atoms with van der Waals surface area (Å²) in [5.41, 5.74) is 0. The fourth-order valence-electron chi connectivity index (χ4n) is 1.86. The Balaban J connectivity index is 1.91. The zero-order valence-corrected chi connectivity index (χ0v) is 11.1. The topological polar surface area (TPSA) is 38.9 Å². The van der Waals surface area contributed by atoms with Crippen LogP contribution in [-0.4, -0.2) is 21.6 Å². The summed E-state index contributed by atoms with van der Waals surface area (Å²) in [6.45, 7) is 2.02. The van der Waals surface area contributed by atoms with Gasteiger partial charge in [-0.15, -0.1) is 11.6 Å². The molecular weight excluding hydrogens is 244 g/mol. The van der Waals surface area contributed by atoms with Gasteiger partial charge in [-0.2, -0.15) is 16.7 Å². The van der Waals surface area contributed by atoms with Crippen LogP contribution in [0.2, 0.25) is 0 Å². The molecule has 0 saturated carbocycles. The first kappa shape index (κ1) is 12.2. The van der Waals surface area contributed by atoms with Crippen LogP contribution in [0.25, 0.3) is 0 Å². The van der Waals surface area contributed by atoms with Crippen LogP contribution >= 0.6 is 23.4 Å². The van der Waals surface area contributed by atoms with E-state index in [1.54, 1.807) is 0 Å². The van der Waals surface area contributed by atoms with Crippen molar-refractivity contribution in [2.24, 2.45) is 5.92 Å². The summed E-state index contributed by atoms with van der Waals surface area (Å²) < 4.78 is 5.24. The molecule has 0 radical (unpaired) electrons. The fraction of sp³-hybridized carbons (Fsp3) is 0.818. The number of rotatable bonds is 4. The molecule has 0 spiro atoms. The smallest absolute Gasteiger partial charge is 0.226 e. The first-order chi connectivity index (χ1) is 7.79. The highest BCUT2D eigenvalue weighted by Gasteiger charge is 2.19. The molecule has 0 N–H and O–H groups in total. The summed E-state index contributed by atoms with van der Waals surface area (Å²) in [6.07, 6.45) is 4.28. The van der Waals surface area contributed by atoms with Crippen LogP contribution in [0.4, 0.5) is 0 Å². The van der Waals surface area contributed by atoms with Gasteiger partial charge in [0.1, 0.15) is 0 Å². The van der Waals surface area contributed by atoms with E-state index in [1.165, 1.54) is 24.3 Å². The van der Waals surface area contributed by atoms with E-state index < -0.39 is 0 Å². The molecule has 1 unspecified atom stereocenters. The second-order valence-electron chi connectivity index (χ2n) is 4.18. The third-order valence-corrected chi connectivity index (χ3v) is 4.48. The third-order valence-electron chi connectivity index (χ3n) is 2.93. The average Bonchev–Trinajstić information content (AvgIpc) is 2.78. The first-order valence-corrected chi connectivity index (χ1v) is 7.43. The van der Waals surface area contributed by atoms with Crippen LogP contribution in [0.1, 0.15) is 43.3 Å². The summed E-state index contributed by atoms with van der Waals surface area (Å²) in [6, 6.07) is 0. The normalized spacial score (nSPS) is 19.9. The number of hydrogen-bond donors (Lipinski definition) is 0. The van der Waals surface area contributed by atoms with Gasteiger partial charge in [0.2, 0.25) is 5.89 Å². The van der Waals surface area contributed by atoms with Crippen molar-refractivity contribution < 1.29 is 4.52 Å². The third kappa shape index (κ3) is 3.14. The van der Waals surface area contributed by atoms with Crippen LogP contribution in [0, 0.1) is 5.92 Å². The van der Waals surface area contributed by atoms with Gasteiger partial charge in [-0.05, 0) is 36.7 Å². The van der Waals surface area contributed by atoms with Crippen LogP contribution in [0.15, 0.2) is 4.52 Å². The minimum Gasteiger partial charge on any atom is -0.339 e. The van der Waals surface area contributed by atoms with Crippen molar-refractivity contribution in [1.29, 1.82) is 0 Å². The van der Waals surface area contributed by atoms with E-state index >= 15 is 0 Å². The fourth-order valence-corrected chi connectivity index (χ4v) is 3.15. The Hall–Kier alpha value is -0.220. The highest BCUT2D eigenvalue weighted by molar-refractivity contribution is 7.99. The molecule has 2 rings (SSSR count). The van der Waals surface area contributed by atoms with E-state index in [4.69, 9.17) is 16.1 Å². The average molecular weight is 261 g/mol. The largest absolute Gasteiger partial charge is 0.339 e. The molecule has 1 fully saturated rings. The Morgan fingerprint density at radius 3 is 2.94 bits per heavy atom. The van der Waals surface area contributed by atoms with Crippen LogP contribution in [-0.2, 0) is 6.42 Å². The van der Waals surface area contributed by atoms with Crippen molar-refractivity contribution in [2.45, 2.75) is 38.0 Å². The van der Waals surface area contributed by atoms with Gasteiger partial charge >= 0.3 is 0 Å². The SMILES string of the molecule is CCC(Cl)c1noc(CC2CCSCC2)n1. The number of aromatic nitrogens is 2. The van der Waals surface area contributed by atoms with Gasteiger partial charge in [0.25, 0.3) is 0 Å².